The van der Waals surface area contributed by atoms with Gasteiger partial charge in [0.05, 0.1) is 23.6 Å². The van der Waals surface area contributed by atoms with Crippen molar-refractivity contribution in [3.63, 3.8) is 0 Å². The fourth-order valence-electron chi connectivity index (χ4n) is 2.48. The molecule has 126 valence electrons. The number of methoxy groups -OCH3 is 1. The molecule has 2 aromatic rings. The zero-order valence-electron chi connectivity index (χ0n) is 13.9. The van der Waals surface area contributed by atoms with E-state index in [1.165, 1.54) is 7.11 Å². The summed E-state index contributed by atoms with van der Waals surface area (Å²) < 4.78 is 4.72. The quantitative estimate of drug-likeness (QED) is 0.824. The van der Waals surface area contributed by atoms with Crippen molar-refractivity contribution in [2.24, 2.45) is 5.92 Å². The van der Waals surface area contributed by atoms with E-state index in [4.69, 9.17) is 16.3 Å². The first-order valence-electron chi connectivity index (χ1n) is 7.65. The Bertz CT molecular complexity index is 721. The summed E-state index contributed by atoms with van der Waals surface area (Å²) >= 11 is 6.11. The van der Waals surface area contributed by atoms with Crippen LogP contribution in [0, 0.1) is 12.8 Å². The Morgan fingerprint density at radius 2 is 1.83 bits per heavy atom. The molecular formula is C19H20ClNO3. The number of ether oxygens (including phenoxy) is 1. The molecule has 1 N–H and O–H groups in total. The second-order valence-electron chi connectivity index (χ2n) is 5.71. The van der Waals surface area contributed by atoms with Gasteiger partial charge in [0.25, 0.3) is 5.91 Å². The summed E-state index contributed by atoms with van der Waals surface area (Å²) in [6, 6.07) is 12.7. The summed E-state index contributed by atoms with van der Waals surface area (Å²) in [4.78, 5) is 23.8. The number of hydrogen-bond acceptors (Lipinski definition) is 3. The molecule has 0 radical (unpaired) electrons. The van der Waals surface area contributed by atoms with Crippen molar-refractivity contribution in [1.82, 2.24) is 0 Å². The number of hydrogen-bond donors (Lipinski definition) is 1. The fourth-order valence-corrected chi connectivity index (χ4v) is 2.78. The SMILES string of the molecule is COC(=O)C(C)Cc1ccc(NC(=O)c2c(C)cccc2Cl)cc1. The van der Waals surface area contributed by atoms with Crippen LogP contribution in [0.3, 0.4) is 0 Å². The van der Waals surface area contributed by atoms with E-state index in [1.807, 2.05) is 50.2 Å². The van der Waals surface area contributed by atoms with Gasteiger partial charge in [-0.25, -0.2) is 0 Å². The molecule has 2 rings (SSSR count). The van der Waals surface area contributed by atoms with Crippen LogP contribution in [0.25, 0.3) is 0 Å². The van der Waals surface area contributed by atoms with Crippen molar-refractivity contribution >= 4 is 29.2 Å². The van der Waals surface area contributed by atoms with E-state index in [1.54, 1.807) is 6.07 Å². The average Bonchev–Trinajstić information content (AvgIpc) is 2.55. The third kappa shape index (κ3) is 4.36. The minimum Gasteiger partial charge on any atom is -0.469 e. The van der Waals surface area contributed by atoms with Crippen molar-refractivity contribution < 1.29 is 14.3 Å². The smallest absolute Gasteiger partial charge is 0.308 e. The highest BCUT2D eigenvalue weighted by Crippen LogP contribution is 2.21. The van der Waals surface area contributed by atoms with Crippen molar-refractivity contribution in [2.45, 2.75) is 20.3 Å². The standard InChI is InChI=1S/C19H20ClNO3/c1-12-5-4-6-16(20)17(12)18(22)21-15-9-7-14(8-10-15)11-13(2)19(23)24-3/h4-10,13H,11H2,1-3H3,(H,21,22). The Hall–Kier alpha value is -2.33. The highest BCUT2D eigenvalue weighted by Gasteiger charge is 2.15. The summed E-state index contributed by atoms with van der Waals surface area (Å²) in [5.41, 5.74) is 2.97. The van der Waals surface area contributed by atoms with Crippen LogP contribution in [0.1, 0.15) is 28.4 Å². The van der Waals surface area contributed by atoms with Crippen LogP contribution < -0.4 is 5.32 Å². The lowest BCUT2D eigenvalue weighted by molar-refractivity contribution is -0.144. The Labute approximate surface area is 146 Å². The molecule has 1 amide bonds. The van der Waals surface area contributed by atoms with Gasteiger partial charge in [-0.3, -0.25) is 9.59 Å². The highest BCUT2D eigenvalue weighted by atomic mass is 35.5. The first kappa shape index (κ1) is 18.0. The van der Waals surface area contributed by atoms with Gasteiger partial charge in [0, 0.05) is 5.69 Å². The van der Waals surface area contributed by atoms with Crippen LogP contribution in [-0.2, 0) is 16.0 Å². The summed E-state index contributed by atoms with van der Waals surface area (Å²) in [6.07, 6.45) is 0.588. The normalized spacial score (nSPS) is 11.7. The van der Waals surface area contributed by atoms with Gasteiger partial charge in [0.15, 0.2) is 0 Å². The van der Waals surface area contributed by atoms with Gasteiger partial charge in [-0.15, -0.1) is 0 Å². The third-order valence-corrected chi connectivity index (χ3v) is 4.12. The molecule has 2 aromatic carbocycles. The molecule has 0 aliphatic rings. The third-order valence-electron chi connectivity index (χ3n) is 3.81. The van der Waals surface area contributed by atoms with Crippen LogP contribution >= 0.6 is 11.6 Å². The maximum absolute atomic E-state index is 12.4. The minimum absolute atomic E-state index is 0.207. The van der Waals surface area contributed by atoms with Gasteiger partial charge in [-0.1, -0.05) is 42.8 Å². The number of rotatable bonds is 5. The Morgan fingerprint density at radius 1 is 1.17 bits per heavy atom. The molecule has 5 heteroatoms. The van der Waals surface area contributed by atoms with Crippen molar-refractivity contribution in [3.05, 3.63) is 64.2 Å². The van der Waals surface area contributed by atoms with E-state index in [0.717, 1.165) is 11.1 Å². The van der Waals surface area contributed by atoms with Crippen molar-refractivity contribution in [1.29, 1.82) is 0 Å². The van der Waals surface area contributed by atoms with Crippen LogP contribution in [0.2, 0.25) is 5.02 Å². The number of halogens is 1. The van der Waals surface area contributed by atoms with Crippen LogP contribution in [-0.4, -0.2) is 19.0 Å². The van der Waals surface area contributed by atoms with Crippen LogP contribution in [0.5, 0.6) is 0 Å². The number of benzene rings is 2. The number of amides is 1. The van der Waals surface area contributed by atoms with E-state index in [0.29, 0.717) is 22.7 Å². The molecule has 0 aliphatic heterocycles. The van der Waals surface area contributed by atoms with Crippen molar-refractivity contribution in [2.75, 3.05) is 12.4 Å². The summed E-state index contributed by atoms with van der Waals surface area (Å²) in [5.74, 6) is -0.684. The number of aryl methyl sites for hydroxylation is 1. The summed E-state index contributed by atoms with van der Waals surface area (Å²) in [5, 5.41) is 3.27. The van der Waals surface area contributed by atoms with Gasteiger partial charge in [0.1, 0.15) is 0 Å². The first-order chi connectivity index (χ1) is 11.4. The zero-order valence-corrected chi connectivity index (χ0v) is 14.7. The van der Waals surface area contributed by atoms with Crippen molar-refractivity contribution in [3.8, 4) is 0 Å². The number of esters is 1. The second kappa shape index (κ2) is 7.97. The van der Waals surface area contributed by atoms with E-state index in [2.05, 4.69) is 5.32 Å². The number of nitrogens with one attached hydrogen (secondary N) is 1. The second-order valence-corrected chi connectivity index (χ2v) is 6.12. The lowest BCUT2D eigenvalue weighted by Crippen LogP contribution is -2.15. The van der Waals surface area contributed by atoms with Gasteiger partial charge in [0.2, 0.25) is 0 Å². The molecule has 1 unspecified atom stereocenters. The average molecular weight is 346 g/mol. The molecule has 24 heavy (non-hydrogen) atoms. The van der Waals surface area contributed by atoms with Gasteiger partial charge in [-0.05, 0) is 42.7 Å². The molecule has 0 saturated carbocycles. The molecule has 0 spiro atoms. The van der Waals surface area contributed by atoms with Gasteiger partial charge >= 0.3 is 5.97 Å². The monoisotopic (exact) mass is 345 g/mol. The molecule has 0 saturated heterocycles. The van der Waals surface area contributed by atoms with Gasteiger partial charge in [-0.2, -0.15) is 0 Å². The van der Waals surface area contributed by atoms with E-state index in [9.17, 15) is 9.59 Å². The molecular weight excluding hydrogens is 326 g/mol. The van der Waals surface area contributed by atoms with E-state index >= 15 is 0 Å². The maximum Gasteiger partial charge on any atom is 0.308 e. The van der Waals surface area contributed by atoms with E-state index in [-0.39, 0.29) is 17.8 Å². The Kier molecular flexibility index (Phi) is 5.99. The fraction of sp³-hybridized carbons (Fsp3) is 0.263. The minimum atomic E-state index is -0.242. The molecule has 0 aromatic heterocycles. The van der Waals surface area contributed by atoms with Crippen LogP contribution in [0.15, 0.2) is 42.5 Å². The summed E-state index contributed by atoms with van der Waals surface area (Å²) in [6.45, 7) is 3.67. The number of carbonyl (C=O) groups is 2. The first-order valence-corrected chi connectivity index (χ1v) is 8.03. The highest BCUT2D eigenvalue weighted by molar-refractivity contribution is 6.34. The lowest BCUT2D eigenvalue weighted by atomic mass is 10.0. The molecule has 0 aliphatic carbocycles. The molecule has 4 nitrogen and oxygen atoms in total. The van der Waals surface area contributed by atoms with Gasteiger partial charge < -0.3 is 10.1 Å². The largest absolute Gasteiger partial charge is 0.469 e. The zero-order chi connectivity index (χ0) is 17.7. The van der Waals surface area contributed by atoms with Crippen LogP contribution in [0.4, 0.5) is 5.69 Å². The van der Waals surface area contributed by atoms with E-state index < -0.39 is 0 Å². The number of anilines is 1. The number of carbonyl (C=O) groups excluding carboxylic acids is 2. The molecule has 0 bridgehead atoms. The Balaban J connectivity index is 2.06. The molecule has 0 fully saturated rings. The predicted molar refractivity (Wildman–Crippen MR) is 95.5 cm³/mol. The Morgan fingerprint density at radius 3 is 2.42 bits per heavy atom. The predicted octanol–water partition coefficient (Wildman–Crippen LogP) is 4.25. The molecule has 0 heterocycles. The summed E-state index contributed by atoms with van der Waals surface area (Å²) in [7, 11) is 1.38. The lowest BCUT2D eigenvalue weighted by Gasteiger charge is -2.11. The molecule has 1 atom stereocenters. The topological polar surface area (TPSA) is 55.4 Å². The maximum atomic E-state index is 12.4.